The van der Waals surface area contributed by atoms with Crippen LogP contribution in [0.4, 0.5) is 5.95 Å². The summed E-state index contributed by atoms with van der Waals surface area (Å²) in [4.78, 5) is 20.1. The van der Waals surface area contributed by atoms with Crippen molar-refractivity contribution in [2.75, 3.05) is 25.9 Å². The second-order valence-electron chi connectivity index (χ2n) is 6.86. The maximum absolute atomic E-state index is 6.12. The number of fused-ring (bicyclic) bond motifs is 4. The Morgan fingerprint density at radius 1 is 1.25 bits per heavy atom. The molecule has 0 fully saturated rings. The zero-order valence-electron chi connectivity index (χ0n) is 15.5. The number of anilines is 1. The van der Waals surface area contributed by atoms with E-state index >= 15 is 0 Å². The summed E-state index contributed by atoms with van der Waals surface area (Å²) in [7, 11) is 1.62. The standard InChI is InChI=1S/C19H20N8O/c1-28-15-4-2-3-13-17(15)24-19(20)27-18(13)23-16(25-27)6-8-26-7-5-12-9-21-11-22-14(12)10-26/h2-4,9,11H,5-8,10H2,1H3,(H2,20,24). The van der Waals surface area contributed by atoms with Gasteiger partial charge in [0.05, 0.1) is 12.8 Å². The lowest BCUT2D eigenvalue weighted by molar-refractivity contribution is 0.251. The lowest BCUT2D eigenvalue weighted by atomic mass is 10.1. The molecule has 2 N–H and O–H groups in total. The first-order chi connectivity index (χ1) is 13.7. The number of para-hydroxylation sites is 1. The summed E-state index contributed by atoms with van der Waals surface area (Å²) >= 11 is 0. The molecule has 5 rings (SSSR count). The molecule has 9 heteroatoms. The van der Waals surface area contributed by atoms with Crippen LogP contribution >= 0.6 is 0 Å². The van der Waals surface area contributed by atoms with Crippen molar-refractivity contribution in [3.05, 3.63) is 47.8 Å². The monoisotopic (exact) mass is 376 g/mol. The molecule has 4 heterocycles. The summed E-state index contributed by atoms with van der Waals surface area (Å²) in [5.74, 6) is 1.72. The number of ether oxygens (including phenoxy) is 1. The zero-order valence-corrected chi connectivity index (χ0v) is 15.5. The molecule has 9 nitrogen and oxygen atoms in total. The van der Waals surface area contributed by atoms with Crippen molar-refractivity contribution in [1.29, 1.82) is 0 Å². The minimum atomic E-state index is 0.300. The van der Waals surface area contributed by atoms with Crippen LogP contribution in [0.15, 0.2) is 30.7 Å². The van der Waals surface area contributed by atoms with Crippen molar-refractivity contribution < 1.29 is 4.74 Å². The van der Waals surface area contributed by atoms with Crippen molar-refractivity contribution in [2.24, 2.45) is 0 Å². The molecule has 0 atom stereocenters. The van der Waals surface area contributed by atoms with Crippen LogP contribution in [0.1, 0.15) is 17.1 Å². The minimum Gasteiger partial charge on any atom is -0.494 e. The first-order valence-electron chi connectivity index (χ1n) is 9.21. The SMILES string of the molecule is COc1cccc2c1nc(N)n1nc(CCN3CCc4cncnc4C3)nc21. The van der Waals surface area contributed by atoms with E-state index in [1.54, 1.807) is 18.0 Å². The molecule has 0 radical (unpaired) electrons. The summed E-state index contributed by atoms with van der Waals surface area (Å²) in [6.45, 7) is 2.67. The van der Waals surface area contributed by atoms with Crippen LogP contribution in [0.25, 0.3) is 16.6 Å². The summed E-state index contributed by atoms with van der Waals surface area (Å²) in [6, 6.07) is 5.74. The maximum Gasteiger partial charge on any atom is 0.223 e. The van der Waals surface area contributed by atoms with Crippen molar-refractivity contribution in [3.63, 3.8) is 0 Å². The Bertz CT molecular complexity index is 1170. The number of methoxy groups -OCH3 is 1. The molecule has 0 unspecified atom stereocenters. The van der Waals surface area contributed by atoms with E-state index in [9.17, 15) is 0 Å². The van der Waals surface area contributed by atoms with E-state index < -0.39 is 0 Å². The predicted octanol–water partition coefficient (Wildman–Crippen LogP) is 1.26. The molecule has 0 spiro atoms. The number of hydrogen-bond donors (Lipinski definition) is 1. The highest BCUT2D eigenvalue weighted by atomic mass is 16.5. The van der Waals surface area contributed by atoms with E-state index in [1.807, 2.05) is 24.4 Å². The molecule has 142 valence electrons. The summed E-state index contributed by atoms with van der Waals surface area (Å²) in [6.07, 6.45) is 5.22. The van der Waals surface area contributed by atoms with E-state index in [0.29, 0.717) is 22.9 Å². The molecule has 0 aliphatic carbocycles. The van der Waals surface area contributed by atoms with E-state index in [-0.39, 0.29) is 0 Å². The van der Waals surface area contributed by atoms with E-state index in [0.717, 1.165) is 49.4 Å². The highest BCUT2D eigenvalue weighted by molar-refractivity contribution is 5.95. The number of hydrogen-bond acceptors (Lipinski definition) is 8. The first kappa shape index (κ1) is 16.8. The predicted molar refractivity (Wildman–Crippen MR) is 104 cm³/mol. The van der Waals surface area contributed by atoms with Gasteiger partial charge in [0.2, 0.25) is 5.95 Å². The molecule has 0 saturated carbocycles. The van der Waals surface area contributed by atoms with E-state index in [4.69, 9.17) is 15.5 Å². The van der Waals surface area contributed by atoms with Crippen LogP contribution < -0.4 is 10.5 Å². The molecule has 0 saturated heterocycles. The fraction of sp³-hybridized carbons (Fsp3) is 0.316. The highest BCUT2D eigenvalue weighted by Crippen LogP contribution is 2.27. The van der Waals surface area contributed by atoms with Gasteiger partial charge in [-0.3, -0.25) is 4.90 Å². The van der Waals surface area contributed by atoms with Crippen LogP contribution in [0.2, 0.25) is 0 Å². The van der Waals surface area contributed by atoms with Gasteiger partial charge in [0.25, 0.3) is 0 Å². The van der Waals surface area contributed by atoms with Crippen molar-refractivity contribution in [1.82, 2.24) is 34.4 Å². The van der Waals surface area contributed by atoms with Gasteiger partial charge < -0.3 is 10.5 Å². The minimum absolute atomic E-state index is 0.300. The van der Waals surface area contributed by atoms with Crippen molar-refractivity contribution in [3.8, 4) is 5.75 Å². The normalized spacial score (nSPS) is 14.5. The fourth-order valence-corrected chi connectivity index (χ4v) is 3.69. The van der Waals surface area contributed by atoms with Crippen LogP contribution in [0.5, 0.6) is 5.75 Å². The second-order valence-corrected chi connectivity index (χ2v) is 6.86. The Labute approximate surface area is 161 Å². The topological polar surface area (TPSA) is 107 Å². The number of benzene rings is 1. The number of nitrogens with zero attached hydrogens (tertiary/aromatic N) is 7. The Hall–Kier alpha value is -3.33. The number of nitrogens with two attached hydrogens (primary N) is 1. The second kappa shape index (κ2) is 6.68. The quantitative estimate of drug-likeness (QED) is 0.567. The average molecular weight is 376 g/mol. The Morgan fingerprint density at radius 2 is 2.18 bits per heavy atom. The third kappa shape index (κ3) is 2.80. The molecule has 28 heavy (non-hydrogen) atoms. The van der Waals surface area contributed by atoms with Gasteiger partial charge in [-0.15, -0.1) is 5.10 Å². The van der Waals surface area contributed by atoms with Crippen LogP contribution in [-0.2, 0) is 19.4 Å². The molecule has 1 aliphatic rings. The molecule has 1 aliphatic heterocycles. The van der Waals surface area contributed by atoms with Crippen LogP contribution in [0, 0.1) is 0 Å². The fourth-order valence-electron chi connectivity index (χ4n) is 3.69. The summed E-state index contributed by atoms with van der Waals surface area (Å²) in [5, 5.41) is 5.44. The lowest BCUT2D eigenvalue weighted by Crippen LogP contribution is -2.33. The number of aromatic nitrogens is 6. The van der Waals surface area contributed by atoms with Gasteiger partial charge in [-0.25, -0.2) is 19.9 Å². The van der Waals surface area contributed by atoms with Crippen molar-refractivity contribution >= 4 is 22.5 Å². The Kier molecular flexibility index (Phi) is 4.01. The van der Waals surface area contributed by atoms with Gasteiger partial charge in [-0.1, -0.05) is 6.07 Å². The zero-order chi connectivity index (χ0) is 19.1. The van der Waals surface area contributed by atoms with Crippen molar-refractivity contribution in [2.45, 2.75) is 19.4 Å². The van der Waals surface area contributed by atoms with Gasteiger partial charge in [-0.2, -0.15) is 4.52 Å². The van der Waals surface area contributed by atoms with Gasteiger partial charge in [0.15, 0.2) is 11.5 Å². The number of nitrogen functional groups attached to an aromatic ring is 1. The third-order valence-electron chi connectivity index (χ3n) is 5.16. The largest absolute Gasteiger partial charge is 0.494 e. The van der Waals surface area contributed by atoms with Gasteiger partial charge in [-0.05, 0) is 24.1 Å². The first-order valence-corrected chi connectivity index (χ1v) is 9.21. The maximum atomic E-state index is 6.12. The third-order valence-corrected chi connectivity index (χ3v) is 5.16. The van der Waals surface area contributed by atoms with Crippen LogP contribution in [-0.4, -0.2) is 54.6 Å². The van der Waals surface area contributed by atoms with E-state index in [1.165, 1.54) is 5.56 Å². The molecule has 1 aromatic carbocycles. The molecule has 3 aromatic heterocycles. The molecule has 4 aromatic rings. The molecular formula is C19H20N8O. The van der Waals surface area contributed by atoms with Crippen LogP contribution in [0.3, 0.4) is 0 Å². The summed E-state index contributed by atoms with van der Waals surface area (Å²) < 4.78 is 7.01. The Balaban J connectivity index is 1.41. The lowest BCUT2D eigenvalue weighted by Gasteiger charge is -2.26. The van der Waals surface area contributed by atoms with Gasteiger partial charge in [0, 0.05) is 37.6 Å². The molecule has 0 bridgehead atoms. The summed E-state index contributed by atoms with van der Waals surface area (Å²) in [5.41, 5.74) is 9.86. The number of rotatable bonds is 4. The average Bonchev–Trinajstić information content (AvgIpc) is 3.17. The van der Waals surface area contributed by atoms with Gasteiger partial charge >= 0.3 is 0 Å². The Morgan fingerprint density at radius 3 is 3.07 bits per heavy atom. The van der Waals surface area contributed by atoms with E-state index in [2.05, 4.69) is 25.0 Å². The molecular weight excluding hydrogens is 356 g/mol. The smallest absolute Gasteiger partial charge is 0.223 e. The highest BCUT2D eigenvalue weighted by Gasteiger charge is 2.19. The van der Waals surface area contributed by atoms with Gasteiger partial charge in [0.1, 0.15) is 17.6 Å². The molecule has 0 amide bonds.